The van der Waals surface area contributed by atoms with Crippen molar-refractivity contribution in [1.82, 2.24) is 30.1 Å². The number of ether oxygens (including phenoxy) is 1. The quantitative estimate of drug-likeness (QED) is 0.261. The normalized spacial score (nSPS) is 12.7. The van der Waals surface area contributed by atoms with Crippen LogP contribution in [0.5, 0.6) is 0 Å². The van der Waals surface area contributed by atoms with Gasteiger partial charge in [0.1, 0.15) is 11.6 Å². The lowest BCUT2D eigenvalue weighted by Gasteiger charge is -2.30. The van der Waals surface area contributed by atoms with Gasteiger partial charge in [0.2, 0.25) is 0 Å². The van der Waals surface area contributed by atoms with Crippen molar-refractivity contribution in [3.63, 3.8) is 0 Å². The van der Waals surface area contributed by atoms with Crippen LogP contribution in [0.15, 0.2) is 84.9 Å². The van der Waals surface area contributed by atoms with Gasteiger partial charge in [-0.15, -0.1) is 10.2 Å². The molecular formula is C33H35N7O3. The molecule has 0 saturated carbocycles. The van der Waals surface area contributed by atoms with Crippen LogP contribution in [-0.2, 0) is 30.8 Å². The molecule has 220 valence electrons. The van der Waals surface area contributed by atoms with Crippen molar-refractivity contribution in [3.05, 3.63) is 108 Å². The molecule has 5 aromatic rings. The number of benzene rings is 3. The third-order valence-electron chi connectivity index (χ3n) is 7.46. The van der Waals surface area contributed by atoms with E-state index in [1.165, 1.54) is 7.11 Å². The minimum atomic E-state index is -0.708. The van der Waals surface area contributed by atoms with Crippen LogP contribution >= 0.6 is 0 Å². The molecule has 10 nitrogen and oxygen atoms in total. The lowest BCUT2D eigenvalue weighted by atomic mass is 9.95. The van der Waals surface area contributed by atoms with Crippen molar-refractivity contribution in [2.45, 2.75) is 40.4 Å². The Morgan fingerprint density at radius 2 is 1.63 bits per heavy atom. The van der Waals surface area contributed by atoms with Crippen LogP contribution in [-0.4, -0.2) is 50.3 Å². The molecule has 2 amide bonds. The van der Waals surface area contributed by atoms with Crippen LogP contribution in [0.2, 0.25) is 0 Å². The first-order valence-electron chi connectivity index (χ1n) is 13.9. The summed E-state index contributed by atoms with van der Waals surface area (Å²) in [4.78, 5) is 34.5. The largest absolute Gasteiger partial charge is 0.451 e. The molecule has 0 aliphatic carbocycles. The van der Waals surface area contributed by atoms with Gasteiger partial charge in [0.05, 0.1) is 36.1 Å². The van der Waals surface area contributed by atoms with E-state index in [4.69, 9.17) is 9.72 Å². The highest BCUT2D eigenvalue weighted by atomic mass is 16.5. The number of nitrogens with one attached hydrogen (secondary N) is 1. The van der Waals surface area contributed by atoms with Gasteiger partial charge in [-0.2, -0.15) is 5.01 Å². The molecule has 3 aromatic carbocycles. The molecular weight excluding hydrogens is 542 g/mol. The van der Waals surface area contributed by atoms with Crippen LogP contribution in [0, 0.1) is 0 Å². The fourth-order valence-electron chi connectivity index (χ4n) is 5.43. The van der Waals surface area contributed by atoms with E-state index in [1.54, 1.807) is 24.3 Å². The molecule has 0 saturated heterocycles. The molecule has 0 unspecified atom stereocenters. The predicted octanol–water partition coefficient (Wildman–Crippen LogP) is 5.63. The minimum Gasteiger partial charge on any atom is -0.451 e. The van der Waals surface area contributed by atoms with Gasteiger partial charge >= 0.3 is 6.09 Å². The van der Waals surface area contributed by atoms with Crippen molar-refractivity contribution in [2.24, 2.45) is 0 Å². The number of para-hydroxylation sites is 2. The number of anilines is 1. The van der Waals surface area contributed by atoms with Crippen molar-refractivity contribution in [3.8, 4) is 11.3 Å². The molecule has 2 aromatic heterocycles. The summed E-state index contributed by atoms with van der Waals surface area (Å²) in [6, 6.07) is 26.3. The lowest BCUT2D eigenvalue weighted by Crippen LogP contribution is -2.47. The first-order chi connectivity index (χ1) is 20.6. The zero-order valence-corrected chi connectivity index (χ0v) is 23.5. The summed E-state index contributed by atoms with van der Waals surface area (Å²) in [5.41, 5.74) is 6.80. The summed E-state index contributed by atoms with van der Waals surface area (Å²) in [5.74, 6) is 1.44. The number of hydrogen-bond acceptors (Lipinski definition) is 7. The average molecular weight is 578 g/mol. The number of amides is 2. The number of hydrogen-bond donors (Lipinski definition) is 1. The van der Waals surface area contributed by atoms with Crippen molar-refractivity contribution in [2.75, 3.05) is 18.7 Å². The number of carbonyl (C=O) groups excluding carboxylic acids is 2. The highest BCUT2D eigenvalue weighted by Crippen LogP contribution is 2.32. The number of hydrazine groups is 1. The Balaban J connectivity index is 0.00000368. The third kappa shape index (κ3) is 5.82. The minimum absolute atomic E-state index is 0. The molecule has 6 rings (SSSR count). The zero-order chi connectivity index (χ0) is 29.1. The van der Waals surface area contributed by atoms with E-state index in [9.17, 15) is 9.59 Å². The Labute approximate surface area is 250 Å². The number of methoxy groups -OCH3 is 1. The monoisotopic (exact) mass is 577 g/mol. The molecule has 1 N–H and O–H groups in total. The molecule has 0 bridgehead atoms. The molecule has 1 aliphatic heterocycles. The first-order valence-corrected chi connectivity index (χ1v) is 13.9. The highest BCUT2D eigenvalue weighted by Gasteiger charge is 2.28. The number of nitrogens with zero attached hydrogens (tertiary/aromatic N) is 6. The average Bonchev–Trinajstić information content (AvgIpc) is 3.46. The standard InChI is InChI=1S/C32H31N7O3.CH4/c1-3-27-34-35-28-21-37(18-19-38(27)28)20-25-29(31(40)36-39(32(41)42-2)23-14-8-5-9-15-23)24-16-10-11-17-26(24)33-30(25)22-12-6-4-7-13-22;/h4-17H,3,18-21H2,1-2H3,(H,36,40);1H4. The Morgan fingerprint density at radius 3 is 2.35 bits per heavy atom. The SMILES string of the molecule is C.CCc1nnc2n1CCN(Cc1c(-c3ccccc3)nc3ccccc3c1C(=O)NN(C(=O)OC)c1ccccc1)C2. The second-order valence-corrected chi connectivity index (χ2v) is 10.0. The Hall–Kier alpha value is -5.09. The molecule has 0 radical (unpaired) electrons. The van der Waals surface area contributed by atoms with Crippen LogP contribution in [0.4, 0.5) is 10.5 Å². The molecule has 3 heterocycles. The van der Waals surface area contributed by atoms with Gasteiger partial charge in [-0.05, 0) is 18.2 Å². The smallest absolute Gasteiger partial charge is 0.433 e. The predicted molar refractivity (Wildman–Crippen MR) is 166 cm³/mol. The maximum atomic E-state index is 14.3. The van der Waals surface area contributed by atoms with Gasteiger partial charge < -0.3 is 9.30 Å². The van der Waals surface area contributed by atoms with Gasteiger partial charge in [0.15, 0.2) is 0 Å². The maximum absolute atomic E-state index is 14.3. The van der Waals surface area contributed by atoms with Gasteiger partial charge in [0.25, 0.3) is 5.91 Å². The van der Waals surface area contributed by atoms with Crippen molar-refractivity contribution in [1.29, 1.82) is 0 Å². The van der Waals surface area contributed by atoms with E-state index in [2.05, 4.69) is 32.0 Å². The summed E-state index contributed by atoms with van der Waals surface area (Å²) in [6.45, 7) is 4.64. The third-order valence-corrected chi connectivity index (χ3v) is 7.46. The van der Waals surface area contributed by atoms with Crippen molar-refractivity contribution < 1.29 is 14.3 Å². The van der Waals surface area contributed by atoms with E-state index in [0.717, 1.165) is 47.3 Å². The van der Waals surface area contributed by atoms with E-state index >= 15 is 0 Å². The van der Waals surface area contributed by atoms with Gasteiger partial charge in [0, 0.05) is 42.6 Å². The number of rotatable bonds is 6. The Morgan fingerprint density at radius 1 is 0.930 bits per heavy atom. The van der Waals surface area contributed by atoms with Gasteiger partial charge in [-0.3, -0.25) is 15.1 Å². The topological polar surface area (TPSA) is 105 Å². The van der Waals surface area contributed by atoms with Crippen LogP contribution in [0.25, 0.3) is 22.2 Å². The van der Waals surface area contributed by atoms with Crippen LogP contribution in [0.1, 0.15) is 41.9 Å². The van der Waals surface area contributed by atoms with E-state index in [1.807, 2.05) is 60.7 Å². The lowest BCUT2D eigenvalue weighted by molar-refractivity contribution is 0.0940. The number of aromatic nitrogens is 4. The molecule has 10 heteroatoms. The molecule has 0 atom stereocenters. The maximum Gasteiger partial charge on any atom is 0.433 e. The molecule has 1 aliphatic rings. The fraction of sp³-hybridized carbons (Fsp3) is 0.242. The summed E-state index contributed by atoms with van der Waals surface area (Å²) in [5, 5.41) is 10.6. The number of fused-ring (bicyclic) bond motifs is 2. The van der Waals surface area contributed by atoms with E-state index < -0.39 is 12.0 Å². The Bertz CT molecular complexity index is 1740. The van der Waals surface area contributed by atoms with E-state index in [-0.39, 0.29) is 7.43 Å². The molecule has 0 fully saturated rings. The summed E-state index contributed by atoms with van der Waals surface area (Å²) < 4.78 is 7.19. The molecule has 43 heavy (non-hydrogen) atoms. The van der Waals surface area contributed by atoms with Gasteiger partial charge in [-0.25, -0.2) is 9.78 Å². The van der Waals surface area contributed by atoms with E-state index in [0.29, 0.717) is 40.9 Å². The summed E-state index contributed by atoms with van der Waals surface area (Å²) in [6.07, 6.45) is 0.113. The number of carbonyl (C=O) groups is 2. The zero-order valence-electron chi connectivity index (χ0n) is 23.5. The van der Waals surface area contributed by atoms with Crippen LogP contribution in [0.3, 0.4) is 0 Å². The second-order valence-electron chi connectivity index (χ2n) is 10.0. The van der Waals surface area contributed by atoms with Crippen LogP contribution < -0.4 is 10.4 Å². The van der Waals surface area contributed by atoms with Crippen molar-refractivity contribution >= 4 is 28.6 Å². The Kier molecular flexibility index (Phi) is 8.77. The van der Waals surface area contributed by atoms with Gasteiger partial charge in [-0.1, -0.05) is 81.1 Å². The number of pyridine rings is 1. The number of aryl methyl sites for hydroxylation is 1. The first kappa shape index (κ1) is 29.4. The second kappa shape index (κ2) is 12.8. The molecule has 0 spiro atoms. The highest BCUT2D eigenvalue weighted by molar-refractivity contribution is 6.10. The fourth-order valence-corrected chi connectivity index (χ4v) is 5.43. The summed E-state index contributed by atoms with van der Waals surface area (Å²) in [7, 11) is 1.28. The summed E-state index contributed by atoms with van der Waals surface area (Å²) >= 11 is 0.